The molecule has 218 valence electrons. The van der Waals surface area contributed by atoms with Crippen molar-refractivity contribution >= 4 is 34.8 Å². The molecule has 1 unspecified atom stereocenters. The van der Waals surface area contributed by atoms with Crippen LogP contribution in [-0.2, 0) is 32.1 Å². The van der Waals surface area contributed by atoms with E-state index in [-0.39, 0.29) is 25.1 Å². The van der Waals surface area contributed by atoms with Gasteiger partial charge < -0.3 is 30.2 Å². The van der Waals surface area contributed by atoms with E-state index in [9.17, 15) is 24.3 Å². The van der Waals surface area contributed by atoms with Crippen molar-refractivity contribution in [2.75, 3.05) is 13.7 Å². The van der Waals surface area contributed by atoms with Gasteiger partial charge in [-0.25, -0.2) is 4.98 Å². The molecule has 1 aliphatic rings. The Bertz CT molecular complexity index is 1390. The Labute approximate surface area is 237 Å². The van der Waals surface area contributed by atoms with Gasteiger partial charge in [0.1, 0.15) is 18.1 Å². The van der Waals surface area contributed by atoms with Gasteiger partial charge in [-0.05, 0) is 61.1 Å². The van der Waals surface area contributed by atoms with Crippen LogP contribution >= 0.6 is 0 Å². The Hall–Kier alpha value is -4.41. The number of nitrogens with one attached hydrogen (secondary N) is 2. The van der Waals surface area contributed by atoms with Crippen LogP contribution in [0.4, 0.5) is 0 Å². The Morgan fingerprint density at radius 1 is 1.05 bits per heavy atom. The van der Waals surface area contributed by atoms with Crippen LogP contribution in [0.2, 0.25) is 0 Å². The summed E-state index contributed by atoms with van der Waals surface area (Å²) in [6, 6.07) is 11.3. The van der Waals surface area contributed by atoms with Gasteiger partial charge in [-0.15, -0.1) is 0 Å². The highest BCUT2D eigenvalue weighted by Gasteiger charge is 2.26. The first kappa shape index (κ1) is 29.6. The number of carboxylic acid groups (broad SMARTS) is 1. The molecule has 4 rings (SSSR count). The van der Waals surface area contributed by atoms with Crippen LogP contribution in [0.5, 0.6) is 5.75 Å². The maximum absolute atomic E-state index is 12.8. The van der Waals surface area contributed by atoms with Gasteiger partial charge in [0.15, 0.2) is 0 Å². The van der Waals surface area contributed by atoms with E-state index in [4.69, 9.17) is 10.1 Å². The number of carbonyl (C=O) groups is 4. The van der Waals surface area contributed by atoms with E-state index in [0.29, 0.717) is 35.8 Å². The van der Waals surface area contributed by atoms with E-state index in [1.807, 2.05) is 6.07 Å². The van der Waals surface area contributed by atoms with Gasteiger partial charge in [-0.3, -0.25) is 19.2 Å². The third-order valence-corrected chi connectivity index (χ3v) is 7.42. The van der Waals surface area contributed by atoms with Gasteiger partial charge in [-0.2, -0.15) is 0 Å². The molecule has 11 heteroatoms. The van der Waals surface area contributed by atoms with Gasteiger partial charge in [-0.1, -0.05) is 31.4 Å². The summed E-state index contributed by atoms with van der Waals surface area (Å²) in [4.78, 5) is 53.0. The number of aromatic nitrogens is 2. The average Bonchev–Trinajstić information content (AvgIpc) is 3.33. The molecule has 41 heavy (non-hydrogen) atoms. The Balaban J connectivity index is 1.72. The number of imidazole rings is 1. The molecule has 0 bridgehead atoms. The second kappa shape index (κ2) is 13.8. The number of carboxylic acids is 1. The third kappa shape index (κ3) is 8.06. The highest BCUT2D eigenvalue weighted by atomic mass is 16.5. The molecule has 1 aliphatic carbocycles. The first-order valence-electron chi connectivity index (χ1n) is 13.9. The van der Waals surface area contributed by atoms with Gasteiger partial charge in [0.2, 0.25) is 5.91 Å². The Morgan fingerprint density at radius 3 is 2.46 bits per heavy atom. The quantitative estimate of drug-likeness (QED) is 0.243. The monoisotopic (exact) mass is 564 g/mol. The predicted molar refractivity (Wildman–Crippen MR) is 150 cm³/mol. The normalized spacial score (nSPS) is 14.4. The lowest BCUT2D eigenvalue weighted by molar-refractivity contribution is -0.139. The standard InChI is InChI=1S/C30H36N4O7/c1-41-28(39)17-31-30(40)21-9-12-25-23(16-21)33-29(34(25)18-20-5-3-2-4-6-20)24(32-26(36)13-14-27(37)38)15-19-7-10-22(35)11-8-19/h7-12,16,20,24,35H,2-6,13-15,17-18H2,1H3,(H,31,40)(H,32,36)(H,37,38). The zero-order valence-corrected chi connectivity index (χ0v) is 23.1. The van der Waals surface area contributed by atoms with E-state index in [1.165, 1.54) is 13.5 Å². The van der Waals surface area contributed by atoms with Gasteiger partial charge >= 0.3 is 11.9 Å². The first-order valence-corrected chi connectivity index (χ1v) is 13.9. The fourth-order valence-corrected chi connectivity index (χ4v) is 5.26. The number of aromatic hydroxyl groups is 1. The number of nitrogens with zero attached hydrogens (tertiary/aromatic N) is 2. The number of fused-ring (bicyclic) bond motifs is 1. The van der Waals surface area contributed by atoms with E-state index in [2.05, 4.69) is 19.9 Å². The lowest BCUT2D eigenvalue weighted by atomic mass is 9.89. The van der Waals surface area contributed by atoms with Crippen molar-refractivity contribution in [1.29, 1.82) is 0 Å². The summed E-state index contributed by atoms with van der Waals surface area (Å²) in [6.07, 6.45) is 5.58. The maximum Gasteiger partial charge on any atom is 0.325 e. The SMILES string of the molecule is COC(=O)CNC(=O)c1ccc2c(c1)nc(C(Cc1ccc(O)cc1)NC(=O)CCC(=O)O)n2CC1CCCCC1. The maximum atomic E-state index is 12.8. The number of phenols is 1. The summed E-state index contributed by atoms with van der Waals surface area (Å²) in [5.41, 5.74) is 2.56. The Morgan fingerprint density at radius 2 is 1.78 bits per heavy atom. The fourth-order valence-electron chi connectivity index (χ4n) is 5.26. The molecule has 11 nitrogen and oxygen atoms in total. The lowest BCUT2D eigenvalue weighted by Gasteiger charge is -2.25. The summed E-state index contributed by atoms with van der Waals surface area (Å²) in [7, 11) is 1.25. The molecule has 2 amide bonds. The van der Waals surface area contributed by atoms with Gasteiger partial charge in [0, 0.05) is 18.5 Å². The molecule has 1 fully saturated rings. The summed E-state index contributed by atoms with van der Waals surface area (Å²) in [5, 5.41) is 24.3. The van der Waals surface area contributed by atoms with Gasteiger partial charge in [0.05, 0.1) is 30.6 Å². The minimum atomic E-state index is -1.06. The van der Waals surface area contributed by atoms with E-state index < -0.39 is 29.8 Å². The van der Waals surface area contributed by atoms with Crippen LogP contribution < -0.4 is 10.6 Å². The number of hydrogen-bond donors (Lipinski definition) is 4. The van der Waals surface area contributed by atoms with Gasteiger partial charge in [0.25, 0.3) is 5.91 Å². The molecule has 0 aliphatic heterocycles. The number of aliphatic carboxylic acids is 1. The van der Waals surface area contributed by atoms with Crippen molar-refractivity contribution in [3.8, 4) is 5.75 Å². The highest BCUT2D eigenvalue weighted by molar-refractivity contribution is 5.98. The zero-order valence-electron chi connectivity index (χ0n) is 23.1. The Kier molecular flexibility index (Phi) is 9.94. The van der Waals surface area contributed by atoms with Crippen molar-refractivity contribution < 1.29 is 34.1 Å². The van der Waals surface area contributed by atoms with Crippen molar-refractivity contribution in [3.63, 3.8) is 0 Å². The molecule has 0 saturated heterocycles. The van der Waals surface area contributed by atoms with Crippen LogP contribution in [-0.4, -0.2) is 57.2 Å². The molecule has 4 N–H and O–H groups in total. The highest BCUT2D eigenvalue weighted by Crippen LogP contribution is 2.31. The summed E-state index contributed by atoms with van der Waals surface area (Å²) < 4.78 is 6.69. The molecule has 0 spiro atoms. The number of benzene rings is 2. The number of amides is 2. The van der Waals surface area contributed by atoms with Crippen LogP contribution in [0.25, 0.3) is 11.0 Å². The average molecular weight is 565 g/mol. The first-order chi connectivity index (χ1) is 19.7. The second-order valence-corrected chi connectivity index (χ2v) is 10.4. The number of phenolic OH excluding ortho intramolecular Hbond substituents is 1. The minimum absolute atomic E-state index is 0.123. The van der Waals surface area contributed by atoms with E-state index >= 15 is 0 Å². The molecule has 2 aromatic carbocycles. The second-order valence-electron chi connectivity index (χ2n) is 10.4. The lowest BCUT2D eigenvalue weighted by Crippen LogP contribution is -2.32. The largest absolute Gasteiger partial charge is 0.508 e. The third-order valence-electron chi connectivity index (χ3n) is 7.42. The van der Waals surface area contributed by atoms with Crippen molar-refractivity contribution in [1.82, 2.24) is 20.2 Å². The number of rotatable bonds is 12. The van der Waals surface area contributed by atoms with Crippen molar-refractivity contribution in [2.24, 2.45) is 5.92 Å². The van der Waals surface area contributed by atoms with E-state index in [0.717, 1.165) is 36.8 Å². The van der Waals surface area contributed by atoms with Crippen molar-refractivity contribution in [3.05, 3.63) is 59.4 Å². The minimum Gasteiger partial charge on any atom is -0.508 e. The molecule has 1 saturated carbocycles. The van der Waals surface area contributed by atoms with Crippen molar-refractivity contribution in [2.45, 2.75) is 64.0 Å². The number of ether oxygens (including phenoxy) is 1. The smallest absolute Gasteiger partial charge is 0.325 e. The molecule has 1 aromatic heterocycles. The summed E-state index contributed by atoms with van der Waals surface area (Å²) >= 11 is 0. The van der Waals surface area contributed by atoms with Crippen LogP contribution in [0.3, 0.4) is 0 Å². The molecule has 3 aromatic rings. The molecule has 1 heterocycles. The predicted octanol–water partition coefficient (Wildman–Crippen LogP) is 3.49. The number of hydrogen-bond acceptors (Lipinski definition) is 7. The molecule has 0 radical (unpaired) electrons. The fraction of sp³-hybridized carbons (Fsp3) is 0.433. The van der Waals surface area contributed by atoms with Crippen LogP contribution in [0.1, 0.15) is 72.7 Å². The number of carbonyl (C=O) groups excluding carboxylic acids is 3. The van der Waals surface area contributed by atoms with Crippen LogP contribution in [0, 0.1) is 5.92 Å². The number of esters is 1. The molecular formula is C30H36N4O7. The topological polar surface area (TPSA) is 160 Å². The number of methoxy groups -OCH3 is 1. The zero-order chi connectivity index (χ0) is 29.4. The van der Waals surface area contributed by atoms with E-state index in [1.54, 1.807) is 36.4 Å². The van der Waals surface area contributed by atoms with Crippen LogP contribution in [0.15, 0.2) is 42.5 Å². The summed E-state index contributed by atoms with van der Waals surface area (Å²) in [6.45, 7) is 0.433. The summed E-state index contributed by atoms with van der Waals surface area (Å²) in [5.74, 6) is -1.31. The molecular weight excluding hydrogens is 528 g/mol. The molecule has 1 atom stereocenters.